The summed E-state index contributed by atoms with van der Waals surface area (Å²) in [6.45, 7) is 4.51. The van der Waals surface area contributed by atoms with E-state index in [1.54, 1.807) is 0 Å². The van der Waals surface area contributed by atoms with Gasteiger partial charge in [0.1, 0.15) is 5.69 Å². The predicted molar refractivity (Wildman–Crippen MR) is 67.8 cm³/mol. The van der Waals surface area contributed by atoms with Crippen LogP contribution >= 0.6 is 0 Å². The molecule has 0 saturated heterocycles. The predicted octanol–water partition coefficient (Wildman–Crippen LogP) is 3.44. The van der Waals surface area contributed by atoms with Gasteiger partial charge in [-0.25, -0.2) is 13.2 Å². The van der Waals surface area contributed by atoms with Gasteiger partial charge in [-0.3, -0.25) is 9.48 Å². The maximum absolute atomic E-state index is 13.2. The summed E-state index contributed by atoms with van der Waals surface area (Å²) in [7, 11) is 0. The van der Waals surface area contributed by atoms with Gasteiger partial charge in [-0.05, 0) is 18.1 Å². The van der Waals surface area contributed by atoms with E-state index in [0.29, 0.717) is 18.7 Å². The van der Waals surface area contributed by atoms with E-state index >= 15 is 0 Å². The maximum Gasteiger partial charge on any atom is 0.194 e. The number of hydrogen-bond donors (Lipinski definition) is 0. The number of carbonyl (C=O) groups excluding carboxylic acids is 1. The van der Waals surface area contributed by atoms with Crippen molar-refractivity contribution in [2.45, 2.75) is 20.4 Å². The second kappa shape index (κ2) is 5.48. The summed E-state index contributed by atoms with van der Waals surface area (Å²) in [5.41, 5.74) is 0.375. The third-order valence-corrected chi connectivity index (χ3v) is 2.73. The van der Waals surface area contributed by atoms with Gasteiger partial charge >= 0.3 is 0 Å². The minimum atomic E-state index is -1.54. The molecule has 0 aliphatic heterocycles. The molecule has 0 bridgehead atoms. The number of rotatable bonds is 4. The first-order valence-electron chi connectivity index (χ1n) is 6.10. The largest absolute Gasteiger partial charge is 0.298 e. The summed E-state index contributed by atoms with van der Waals surface area (Å²) in [6, 6.07) is 1.65. The summed E-state index contributed by atoms with van der Waals surface area (Å²) < 4.78 is 41.0. The topological polar surface area (TPSA) is 34.9 Å². The van der Waals surface area contributed by atoms with Crippen molar-refractivity contribution >= 4 is 6.29 Å². The van der Waals surface area contributed by atoms with Crippen molar-refractivity contribution in [2.24, 2.45) is 5.92 Å². The zero-order valence-corrected chi connectivity index (χ0v) is 11.0. The molecule has 0 fully saturated rings. The third kappa shape index (κ3) is 2.74. The smallest absolute Gasteiger partial charge is 0.194 e. The van der Waals surface area contributed by atoms with Gasteiger partial charge in [0.15, 0.2) is 23.7 Å². The minimum absolute atomic E-state index is 0.0333. The fraction of sp³-hybridized carbons (Fsp3) is 0.286. The van der Waals surface area contributed by atoms with Crippen molar-refractivity contribution in [1.29, 1.82) is 0 Å². The molecule has 0 saturated carbocycles. The Labute approximate surface area is 114 Å². The van der Waals surface area contributed by atoms with Crippen molar-refractivity contribution in [3.8, 4) is 11.3 Å². The van der Waals surface area contributed by atoms with Crippen LogP contribution in [0.15, 0.2) is 18.3 Å². The molecule has 0 radical (unpaired) electrons. The van der Waals surface area contributed by atoms with Crippen LogP contribution in [0.1, 0.15) is 24.2 Å². The Morgan fingerprint density at radius 2 is 1.85 bits per heavy atom. The Balaban J connectivity index is 2.51. The zero-order valence-electron chi connectivity index (χ0n) is 11.0. The lowest BCUT2D eigenvalue weighted by molar-refractivity contribution is 0.112. The minimum Gasteiger partial charge on any atom is -0.298 e. The molecule has 0 amide bonds. The molecular weight excluding hydrogens is 269 g/mol. The molecule has 2 rings (SSSR count). The van der Waals surface area contributed by atoms with Gasteiger partial charge in [0, 0.05) is 18.3 Å². The van der Waals surface area contributed by atoms with Crippen molar-refractivity contribution in [1.82, 2.24) is 9.78 Å². The maximum atomic E-state index is 13.2. The van der Waals surface area contributed by atoms with E-state index < -0.39 is 17.5 Å². The molecule has 1 aromatic carbocycles. The number of hydrogen-bond acceptors (Lipinski definition) is 2. The van der Waals surface area contributed by atoms with Gasteiger partial charge in [-0.15, -0.1) is 0 Å². The van der Waals surface area contributed by atoms with Crippen LogP contribution in [0.2, 0.25) is 0 Å². The quantitative estimate of drug-likeness (QED) is 0.636. The summed E-state index contributed by atoms with van der Waals surface area (Å²) >= 11 is 0. The fourth-order valence-electron chi connectivity index (χ4n) is 1.91. The van der Waals surface area contributed by atoms with Crippen LogP contribution in [0.25, 0.3) is 11.3 Å². The molecule has 0 atom stereocenters. The Morgan fingerprint density at radius 3 is 2.35 bits per heavy atom. The van der Waals surface area contributed by atoms with Crippen molar-refractivity contribution in [3.63, 3.8) is 0 Å². The molecule has 6 heteroatoms. The molecule has 2 aromatic rings. The molecule has 1 aromatic heterocycles. The highest BCUT2D eigenvalue weighted by Crippen LogP contribution is 2.25. The van der Waals surface area contributed by atoms with Crippen LogP contribution in [-0.4, -0.2) is 16.1 Å². The van der Waals surface area contributed by atoms with E-state index in [9.17, 15) is 18.0 Å². The second-order valence-corrected chi connectivity index (χ2v) is 4.92. The molecule has 20 heavy (non-hydrogen) atoms. The highest BCUT2D eigenvalue weighted by Gasteiger charge is 2.16. The summed E-state index contributed by atoms with van der Waals surface area (Å²) in [6.07, 6.45) is 2.06. The van der Waals surface area contributed by atoms with E-state index in [1.807, 2.05) is 13.8 Å². The zero-order chi connectivity index (χ0) is 14.9. The summed E-state index contributed by atoms with van der Waals surface area (Å²) in [5, 5.41) is 4.13. The lowest BCUT2D eigenvalue weighted by atomic mass is 10.1. The van der Waals surface area contributed by atoms with Crippen molar-refractivity contribution in [2.75, 3.05) is 0 Å². The van der Waals surface area contributed by atoms with E-state index in [1.165, 1.54) is 10.9 Å². The van der Waals surface area contributed by atoms with Crippen LogP contribution in [-0.2, 0) is 6.54 Å². The number of aromatic nitrogens is 2. The first-order chi connectivity index (χ1) is 9.42. The number of carbonyl (C=O) groups is 1. The number of aldehydes is 1. The molecule has 0 unspecified atom stereocenters. The van der Waals surface area contributed by atoms with Crippen LogP contribution in [0.4, 0.5) is 13.2 Å². The standard InChI is InChI=1S/C14H13F3N2O/c1-8(2)5-19-6-10(7-20)14(18-19)9-3-11(15)13(17)12(16)4-9/h3-4,6-8H,5H2,1-2H3. The lowest BCUT2D eigenvalue weighted by Crippen LogP contribution is -2.04. The highest BCUT2D eigenvalue weighted by atomic mass is 19.2. The SMILES string of the molecule is CC(C)Cn1cc(C=O)c(-c2cc(F)c(F)c(F)c2)n1. The third-order valence-electron chi connectivity index (χ3n) is 2.73. The highest BCUT2D eigenvalue weighted by molar-refractivity contribution is 5.85. The molecule has 0 aliphatic rings. The second-order valence-electron chi connectivity index (χ2n) is 4.92. The Morgan fingerprint density at radius 1 is 1.25 bits per heavy atom. The summed E-state index contributed by atoms with van der Waals surface area (Å²) in [4.78, 5) is 11.0. The van der Waals surface area contributed by atoms with Crippen LogP contribution in [0.5, 0.6) is 0 Å². The molecule has 1 heterocycles. The van der Waals surface area contributed by atoms with Crippen LogP contribution in [0, 0.1) is 23.4 Å². The summed E-state index contributed by atoms with van der Waals surface area (Å²) in [5.74, 6) is -3.86. The molecule has 0 N–H and O–H groups in total. The monoisotopic (exact) mass is 282 g/mol. The van der Waals surface area contributed by atoms with Gasteiger partial charge in [0.25, 0.3) is 0 Å². The number of benzene rings is 1. The van der Waals surface area contributed by atoms with Gasteiger partial charge in [0.05, 0.1) is 5.56 Å². The van der Waals surface area contributed by atoms with E-state index in [-0.39, 0.29) is 16.8 Å². The fourth-order valence-corrected chi connectivity index (χ4v) is 1.91. The van der Waals surface area contributed by atoms with E-state index in [2.05, 4.69) is 5.10 Å². The Hall–Kier alpha value is -2.11. The average Bonchev–Trinajstić information content (AvgIpc) is 2.77. The molecule has 0 aliphatic carbocycles. The average molecular weight is 282 g/mol. The normalized spacial score (nSPS) is 11.1. The van der Waals surface area contributed by atoms with E-state index in [4.69, 9.17) is 0 Å². The van der Waals surface area contributed by atoms with Crippen LogP contribution < -0.4 is 0 Å². The first kappa shape index (κ1) is 14.3. The Bertz CT molecular complexity index is 627. The number of halogens is 3. The van der Waals surface area contributed by atoms with Gasteiger partial charge < -0.3 is 0 Å². The van der Waals surface area contributed by atoms with Crippen molar-refractivity contribution in [3.05, 3.63) is 41.3 Å². The lowest BCUT2D eigenvalue weighted by Gasteiger charge is -2.04. The van der Waals surface area contributed by atoms with Gasteiger partial charge in [-0.1, -0.05) is 13.8 Å². The van der Waals surface area contributed by atoms with Gasteiger partial charge in [0.2, 0.25) is 0 Å². The molecular formula is C14H13F3N2O. The molecule has 3 nitrogen and oxygen atoms in total. The first-order valence-corrected chi connectivity index (χ1v) is 6.10. The van der Waals surface area contributed by atoms with Gasteiger partial charge in [-0.2, -0.15) is 5.10 Å². The van der Waals surface area contributed by atoms with E-state index in [0.717, 1.165) is 12.1 Å². The Kier molecular flexibility index (Phi) is 3.92. The number of nitrogens with zero attached hydrogens (tertiary/aromatic N) is 2. The van der Waals surface area contributed by atoms with Crippen molar-refractivity contribution < 1.29 is 18.0 Å². The molecule has 106 valence electrons. The van der Waals surface area contributed by atoms with Crippen LogP contribution in [0.3, 0.4) is 0 Å². The molecule has 0 spiro atoms.